The molecule has 1 unspecified atom stereocenters. The summed E-state index contributed by atoms with van der Waals surface area (Å²) < 4.78 is 0. The first kappa shape index (κ1) is 14.0. The first-order valence-corrected chi connectivity index (χ1v) is 8.01. The minimum Gasteiger partial charge on any atom is -0.360 e. The van der Waals surface area contributed by atoms with Crippen LogP contribution in [-0.4, -0.2) is 28.7 Å². The summed E-state index contributed by atoms with van der Waals surface area (Å²) in [6, 6.07) is 8.20. The number of nitrogens with zero attached hydrogens (tertiary/aromatic N) is 3. The molecule has 1 aromatic heterocycles. The smallest absolute Gasteiger partial charge is 0.289 e. The van der Waals surface area contributed by atoms with E-state index in [2.05, 4.69) is 35.4 Å². The van der Waals surface area contributed by atoms with Gasteiger partial charge in [0.25, 0.3) is 5.91 Å². The maximum absolute atomic E-state index is 12.7. The number of hydrogen-bond donors (Lipinski definition) is 1. The van der Waals surface area contributed by atoms with E-state index in [9.17, 15) is 4.79 Å². The van der Waals surface area contributed by atoms with Crippen LogP contribution >= 0.6 is 11.3 Å². The van der Waals surface area contributed by atoms with E-state index >= 15 is 0 Å². The number of rotatable bonds is 4. The summed E-state index contributed by atoms with van der Waals surface area (Å²) in [6.07, 6.45) is 1.90. The van der Waals surface area contributed by atoms with Gasteiger partial charge in [-0.15, -0.1) is 10.2 Å². The third-order valence-electron chi connectivity index (χ3n) is 3.56. The van der Waals surface area contributed by atoms with E-state index in [1.54, 1.807) is 0 Å². The molecule has 5 nitrogen and oxygen atoms in total. The SMILES string of the molecule is CCCNc1nnc(C(=O)N2c3ccccc3CC2C)s1. The van der Waals surface area contributed by atoms with Crippen LogP contribution in [0.1, 0.15) is 35.6 Å². The molecule has 0 fully saturated rings. The first-order chi connectivity index (χ1) is 10.2. The molecule has 1 atom stereocenters. The van der Waals surface area contributed by atoms with Crippen molar-refractivity contribution in [1.29, 1.82) is 0 Å². The molecule has 1 amide bonds. The van der Waals surface area contributed by atoms with Crippen molar-refractivity contribution >= 4 is 28.1 Å². The van der Waals surface area contributed by atoms with Gasteiger partial charge in [-0.25, -0.2) is 0 Å². The van der Waals surface area contributed by atoms with Gasteiger partial charge < -0.3 is 10.2 Å². The molecule has 1 aliphatic heterocycles. The van der Waals surface area contributed by atoms with Crippen molar-refractivity contribution in [2.75, 3.05) is 16.8 Å². The molecular weight excluding hydrogens is 284 g/mol. The summed E-state index contributed by atoms with van der Waals surface area (Å²) in [5.74, 6) is -0.0606. The van der Waals surface area contributed by atoms with Crippen LogP contribution in [-0.2, 0) is 6.42 Å². The lowest BCUT2D eigenvalue weighted by Crippen LogP contribution is -2.35. The minimum absolute atomic E-state index is 0.0606. The Balaban J connectivity index is 1.83. The molecule has 0 spiro atoms. The topological polar surface area (TPSA) is 58.1 Å². The monoisotopic (exact) mass is 302 g/mol. The Morgan fingerprint density at radius 2 is 2.24 bits per heavy atom. The van der Waals surface area contributed by atoms with Crippen molar-refractivity contribution in [3.8, 4) is 0 Å². The lowest BCUT2D eigenvalue weighted by molar-refractivity contribution is 0.0980. The van der Waals surface area contributed by atoms with E-state index in [4.69, 9.17) is 0 Å². The number of carbonyl (C=O) groups excluding carboxylic acids is 1. The van der Waals surface area contributed by atoms with Crippen LogP contribution in [0.4, 0.5) is 10.8 Å². The normalized spacial score (nSPS) is 16.9. The molecule has 2 heterocycles. The number of aromatic nitrogens is 2. The highest BCUT2D eigenvalue weighted by Crippen LogP contribution is 2.33. The highest BCUT2D eigenvalue weighted by atomic mass is 32.1. The number of anilines is 2. The molecule has 0 bridgehead atoms. The number of amides is 1. The third kappa shape index (κ3) is 2.63. The Kier molecular flexibility index (Phi) is 3.88. The van der Waals surface area contributed by atoms with Gasteiger partial charge in [0.1, 0.15) is 0 Å². The minimum atomic E-state index is -0.0606. The van der Waals surface area contributed by atoms with Crippen LogP contribution in [0.2, 0.25) is 0 Å². The predicted molar refractivity (Wildman–Crippen MR) is 85.1 cm³/mol. The molecule has 21 heavy (non-hydrogen) atoms. The van der Waals surface area contributed by atoms with Gasteiger partial charge in [-0.3, -0.25) is 4.79 Å². The molecule has 0 radical (unpaired) electrons. The first-order valence-electron chi connectivity index (χ1n) is 7.19. The zero-order valence-electron chi connectivity index (χ0n) is 12.2. The fourth-order valence-electron chi connectivity index (χ4n) is 2.59. The number of fused-ring (bicyclic) bond motifs is 1. The number of carbonyl (C=O) groups is 1. The van der Waals surface area contributed by atoms with Crippen molar-refractivity contribution in [3.63, 3.8) is 0 Å². The van der Waals surface area contributed by atoms with Crippen LogP contribution in [0.15, 0.2) is 24.3 Å². The molecule has 0 saturated heterocycles. The maximum Gasteiger partial charge on any atom is 0.289 e. The van der Waals surface area contributed by atoms with Crippen LogP contribution in [0, 0.1) is 0 Å². The summed E-state index contributed by atoms with van der Waals surface area (Å²) in [6.45, 7) is 4.99. The molecule has 1 aromatic carbocycles. The van der Waals surface area contributed by atoms with Gasteiger partial charge in [0, 0.05) is 18.3 Å². The number of para-hydroxylation sites is 1. The fraction of sp³-hybridized carbons (Fsp3) is 0.400. The predicted octanol–water partition coefficient (Wildman–Crippen LogP) is 2.95. The molecule has 110 valence electrons. The molecule has 2 aromatic rings. The Labute approximate surface area is 128 Å². The summed E-state index contributed by atoms with van der Waals surface area (Å²) in [4.78, 5) is 14.5. The summed E-state index contributed by atoms with van der Waals surface area (Å²) in [7, 11) is 0. The number of hydrogen-bond acceptors (Lipinski definition) is 5. The van der Waals surface area contributed by atoms with E-state index < -0.39 is 0 Å². The molecule has 6 heteroatoms. The van der Waals surface area contributed by atoms with E-state index in [0.717, 1.165) is 25.1 Å². The van der Waals surface area contributed by atoms with Crippen molar-refractivity contribution < 1.29 is 4.79 Å². The second-order valence-electron chi connectivity index (χ2n) is 5.20. The average Bonchev–Trinajstić information content (AvgIpc) is 3.07. The Bertz CT molecular complexity index is 655. The standard InChI is InChI=1S/C15H18N4OS/c1-3-8-16-15-18-17-13(21-15)14(20)19-10(2)9-11-6-4-5-7-12(11)19/h4-7,10H,3,8-9H2,1-2H3,(H,16,18). The van der Waals surface area contributed by atoms with Crippen molar-refractivity contribution in [2.45, 2.75) is 32.7 Å². The van der Waals surface area contributed by atoms with Crippen LogP contribution in [0.3, 0.4) is 0 Å². The molecule has 0 saturated carbocycles. The maximum atomic E-state index is 12.7. The van der Waals surface area contributed by atoms with Gasteiger partial charge in [-0.05, 0) is 31.4 Å². The highest BCUT2D eigenvalue weighted by molar-refractivity contribution is 7.17. The van der Waals surface area contributed by atoms with Gasteiger partial charge >= 0.3 is 0 Å². The Morgan fingerprint density at radius 3 is 3.05 bits per heavy atom. The van der Waals surface area contributed by atoms with E-state index in [0.29, 0.717) is 10.1 Å². The zero-order valence-corrected chi connectivity index (χ0v) is 13.0. The molecule has 3 rings (SSSR count). The van der Waals surface area contributed by atoms with Gasteiger partial charge in [0.05, 0.1) is 0 Å². The highest BCUT2D eigenvalue weighted by Gasteiger charge is 2.32. The van der Waals surface area contributed by atoms with Crippen molar-refractivity contribution in [2.24, 2.45) is 0 Å². The molecular formula is C15H18N4OS. The van der Waals surface area contributed by atoms with Crippen molar-refractivity contribution in [3.05, 3.63) is 34.8 Å². The Hall–Kier alpha value is -1.95. The van der Waals surface area contributed by atoms with Crippen LogP contribution in [0.25, 0.3) is 0 Å². The van der Waals surface area contributed by atoms with E-state index in [1.807, 2.05) is 23.1 Å². The zero-order chi connectivity index (χ0) is 14.8. The average molecular weight is 302 g/mol. The number of nitrogens with one attached hydrogen (secondary N) is 1. The van der Waals surface area contributed by atoms with Crippen molar-refractivity contribution in [1.82, 2.24) is 10.2 Å². The largest absolute Gasteiger partial charge is 0.360 e. The molecule has 1 aliphatic rings. The second-order valence-corrected chi connectivity index (χ2v) is 6.17. The van der Waals surface area contributed by atoms with Crippen LogP contribution < -0.4 is 10.2 Å². The Morgan fingerprint density at radius 1 is 1.43 bits per heavy atom. The van der Waals surface area contributed by atoms with Gasteiger partial charge in [0.15, 0.2) is 0 Å². The summed E-state index contributed by atoms with van der Waals surface area (Å²) in [5, 5.41) is 12.4. The van der Waals surface area contributed by atoms with E-state index in [1.165, 1.54) is 16.9 Å². The summed E-state index contributed by atoms with van der Waals surface area (Å²) in [5.41, 5.74) is 2.21. The number of benzene rings is 1. The quantitative estimate of drug-likeness (QED) is 0.943. The fourth-order valence-corrected chi connectivity index (χ4v) is 3.30. The van der Waals surface area contributed by atoms with Gasteiger partial charge in [-0.1, -0.05) is 36.5 Å². The third-order valence-corrected chi connectivity index (χ3v) is 4.43. The lowest BCUT2D eigenvalue weighted by Gasteiger charge is -2.21. The van der Waals surface area contributed by atoms with Gasteiger partial charge in [-0.2, -0.15) is 0 Å². The summed E-state index contributed by atoms with van der Waals surface area (Å²) >= 11 is 1.32. The molecule has 1 N–H and O–H groups in total. The van der Waals surface area contributed by atoms with E-state index in [-0.39, 0.29) is 11.9 Å². The van der Waals surface area contributed by atoms with Gasteiger partial charge in [0.2, 0.25) is 10.1 Å². The molecule has 0 aliphatic carbocycles. The second kappa shape index (κ2) is 5.81. The van der Waals surface area contributed by atoms with Crippen LogP contribution in [0.5, 0.6) is 0 Å². The lowest BCUT2D eigenvalue weighted by atomic mass is 10.1.